The first-order valence-electron chi connectivity index (χ1n) is 11.7. The highest BCUT2D eigenvalue weighted by atomic mass is 19.4. The molecule has 2 aliphatic heterocycles. The van der Waals surface area contributed by atoms with Gasteiger partial charge in [-0.25, -0.2) is 14.6 Å². The van der Waals surface area contributed by atoms with Crippen LogP contribution in [-0.4, -0.2) is 86.8 Å². The molecule has 0 saturated carbocycles. The molecule has 39 heavy (non-hydrogen) atoms. The Balaban J connectivity index is 0.000000317. The summed E-state index contributed by atoms with van der Waals surface area (Å²) in [6, 6.07) is 3.87. The molecule has 2 aromatic rings. The Labute approximate surface area is 219 Å². The number of hydrogen-bond donors (Lipinski definition) is 2. The second-order valence-electron chi connectivity index (χ2n) is 8.76. The summed E-state index contributed by atoms with van der Waals surface area (Å²) in [6.07, 6.45) is -0.323. The van der Waals surface area contributed by atoms with Crippen molar-refractivity contribution >= 4 is 11.9 Å². The van der Waals surface area contributed by atoms with E-state index in [0.717, 1.165) is 51.1 Å². The summed E-state index contributed by atoms with van der Waals surface area (Å²) in [5, 5.41) is 14.2. The van der Waals surface area contributed by atoms with E-state index in [-0.39, 0.29) is 0 Å². The molecule has 4 heterocycles. The maximum absolute atomic E-state index is 10.6. The number of aliphatic carboxylic acids is 2. The van der Waals surface area contributed by atoms with Gasteiger partial charge in [-0.3, -0.25) is 9.88 Å². The van der Waals surface area contributed by atoms with Crippen molar-refractivity contribution in [2.24, 2.45) is 11.8 Å². The minimum Gasteiger partial charge on any atom is -0.492 e. The molecule has 0 spiro atoms. The summed E-state index contributed by atoms with van der Waals surface area (Å²) >= 11 is 0. The number of pyridine rings is 1. The van der Waals surface area contributed by atoms with E-state index in [1.807, 2.05) is 24.7 Å². The molecule has 0 aliphatic carbocycles. The van der Waals surface area contributed by atoms with E-state index in [2.05, 4.69) is 19.4 Å². The number of rotatable bonds is 5. The van der Waals surface area contributed by atoms with Gasteiger partial charge >= 0.3 is 24.3 Å². The molecule has 0 bridgehead atoms. The number of ether oxygens (including phenoxy) is 2. The van der Waals surface area contributed by atoms with Gasteiger partial charge in [-0.2, -0.15) is 26.3 Å². The third-order valence-corrected chi connectivity index (χ3v) is 5.62. The van der Waals surface area contributed by atoms with Crippen LogP contribution in [0.4, 0.5) is 26.3 Å². The average molecular weight is 570 g/mol. The number of carboxylic acids is 2. The molecular weight excluding hydrogens is 542 g/mol. The number of carboxylic acid groups (broad SMARTS) is 2. The Hall–Kier alpha value is -3.40. The van der Waals surface area contributed by atoms with Crippen molar-refractivity contribution in [1.82, 2.24) is 19.4 Å². The molecule has 0 aromatic carbocycles. The van der Waals surface area contributed by atoms with Gasteiger partial charge in [0.25, 0.3) is 0 Å². The maximum atomic E-state index is 10.6. The second-order valence-corrected chi connectivity index (χ2v) is 8.76. The normalized spacial score (nSPS) is 18.4. The van der Waals surface area contributed by atoms with Crippen molar-refractivity contribution in [2.45, 2.75) is 38.3 Å². The predicted molar refractivity (Wildman–Crippen MR) is 122 cm³/mol. The molecule has 218 valence electrons. The summed E-state index contributed by atoms with van der Waals surface area (Å²) in [4.78, 5) is 28.8. The first-order chi connectivity index (χ1) is 18.3. The van der Waals surface area contributed by atoms with Gasteiger partial charge in [0.15, 0.2) is 0 Å². The Bertz CT molecular complexity index is 1000. The molecule has 1 atom stereocenters. The van der Waals surface area contributed by atoms with Crippen molar-refractivity contribution in [1.29, 1.82) is 0 Å². The van der Waals surface area contributed by atoms with Crippen molar-refractivity contribution in [3.8, 4) is 5.75 Å². The zero-order chi connectivity index (χ0) is 29.1. The van der Waals surface area contributed by atoms with E-state index in [4.69, 9.17) is 29.3 Å². The minimum absolute atomic E-state index is 0.440. The van der Waals surface area contributed by atoms with Gasteiger partial charge in [0.2, 0.25) is 0 Å². The van der Waals surface area contributed by atoms with E-state index in [9.17, 15) is 26.3 Å². The monoisotopic (exact) mass is 570 g/mol. The second kappa shape index (κ2) is 14.7. The Kier molecular flexibility index (Phi) is 12.0. The van der Waals surface area contributed by atoms with E-state index >= 15 is 0 Å². The van der Waals surface area contributed by atoms with E-state index < -0.39 is 24.3 Å². The number of aromatic nitrogens is 3. The molecule has 0 radical (unpaired) electrons. The van der Waals surface area contributed by atoms with Crippen LogP contribution < -0.4 is 4.74 Å². The summed E-state index contributed by atoms with van der Waals surface area (Å²) in [5.41, 5.74) is 1.30. The number of fused-ring (bicyclic) bond motifs is 1. The van der Waals surface area contributed by atoms with E-state index in [1.54, 1.807) is 12.4 Å². The van der Waals surface area contributed by atoms with Gasteiger partial charge in [0.05, 0.1) is 24.8 Å². The number of hydrogen-bond acceptors (Lipinski definition) is 7. The van der Waals surface area contributed by atoms with Crippen molar-refractivity contribution < 1.29 is 55.6 Å². The molecule has 2 aromatic heterocycles. The van der Waals surface area contributed by atoms with Crippen LogP contribution in [0.3, 0.4) is 0 Å². The summed E-state index contributed by atoms with van der Waals surface area (Å²) in [5.74, 6) is -3.49. The standard InChI is InChI=1S/C19H26N4O2.2C2HF3O2/c1-2-19(9-20-5-1)25-14-17-11-22(10-16-3-6-24-7-4-16)13-18-8-21-15-23(18)12-17;2*3-2(4,5)1(6)7/h1-2,5,8-9,15-17H,3-4,6-7,10-14H2;2*(H,6,7). The maximum Gasteiger partial charge on any atom is 0.490 e. The quantitative estimate of drug-likeness (QED) is 0.520. The van der Waals surface area contributed by atoms with Gasteiger partial charge in [0.1, 0.15) is 5.75 Å². The Morgan fingerprint density at radius 3 is 2.13 bits per heavy atom. The van der Waals surface area contributed by atoms with Crippen molar-refractivity contribution in [3.05, 3.63) is 42.7 Å². The lowest BCUT2D eigenvalue weighted by Gasteiger charge is -2.30. The molecule has 1 fully saturated rings. The number of carbonyl (C=O) groups is 2. The predicted octanol–water partition coefficient (Wildman–Crippen LogP) is 3.48. The van der Waals surface area contributed by atoms with Crippen LogP contribution >= 0.6 is 0 Å². The molecule has 1 saturated heterocycles. The number of alkyl halides is 6. The van der Waals surface area contributed by atoms with Crippen LogP contribution in [0.15, 0.2) is 37.1 Å². The fourth-order valence-corrected chi connectivity index (χ4v) is 3.82. The molecular formula is C23H28F6N4O6. The number of imidazole rings is 1. The first kappa shape index (κ1) is 31.8. The van der Waals surface area contributed by atoms with Gasteiger partial charge in [-0.15, -0.1) is 0 Å². The van der Waals surface area contributed by atoms with Crippen LogP contribution in [0.2, 0.25) is 0 Å². The minimum atomic E-state index is -5.08. The van der Waals surface area contributed by atoms with E-state index in [1.165, 1.54) is 18.5 Å². The molecule has 1 unspecified atom stereocenters. The molecule has 16 heteroatoms. The fourth-order valence-electron chi connectivity index (χ4n) is 3.82. The lowest BCUT2D eigenvalue weighted by atomic mass is 9.99. The van der Waals surface area contributed by atoms with E-state index in [0.29, 0.717) is 12.5 Å². The van der Waals surface area contributed by atoms with Crippen LogP contribution in [0.25, 0.3) is 0 Å². The van der Waals surface area contributed by atoms with Crippen LogP contribution in [-0.2, 0) is 27.4 Å². The summed E-state index contributed by atoms with van der Waals surface area (Å²) in [6.45, 7) is 6.64. The molecule has 2 N–H and O–H groups in total. The average Bonchev–Trinajstić information content (AvgIpc) is 3.22. The lowest BCUT2D eigenvalue weighted by Crippen LogP contribution is -2.36. The third-order valence-electron chi connectivity index (χ3n) is 5.62. The zero-order valence-corrected chi connectivity index (χ0v) is 20.6. The lowest BCUT2D eigenvalue weighted by molar-refractivity contribution is -0.193. The Morgan fingerprint density at radius 1 is 0.974 bits per heavy atom. The molecule has 0 amide bonds. The van der Waals surface area contributed by atoms with Gasteiger partial charge < -0.3 is 24.3 Å². The summed E-state index contributed by atoms with van der Waals surface area (Å²) in [7, 11) is 0. The third kappa shape index (κ3) is 11.9. The highest BCUT2D eigenvalue weighted by Crippen LogP contribution is 2.22. The Morgan fingerprint density at radius 2 is 1.59 bits per heavy atom. The van der Waals surface area contributed by atoms with Gasteiger partial charge in [0, 0.05) is 57.7 Å². The fraction of sp³-hybridized carbons (Fsp3) is 0.565. The number of halogens is 6. The van der Waals surface area contributed by atoms with Crippen molar-refractivity contribution in [2.75, 3.05) is 32.9 Å². The first-order valence-corrected chi connectivity index (χ1v) is 11.7. The topological polar surface area (TPSA) is 127 Å². The van der Waals surface area contributed by atoms with Crippen LogP contribution in [0.1, 0.15) is 18.5 Å². The van der Waals surface area contributed by atoms with Gasteiger partial charge in [-0.1, -0.05) is 0 Å². The van der Waals surface area contributed by atoms with Gasteiger partial charge in [-0.05, 0) is 30.9 Å². The highest BCUT2D eigenvalue weighted by Gasteiger charge is 2.38. The smallest absolute Gasteiger partial charge is 0.490 e. The molecule has 10 nitrogen and oxygen atoms in total. The number of nitrogens with zero attached hydrogens (tertiary/aromatic N) is 4. The SMILES string of the molecule is O=C(O)C(F)(F)F.O=C(O)C(F)(F)F.c1cncc(OCC2CN(CC3CCOCC3)Cc3cncn3C2)c1. The zero-order valence-electron chi connectivity index (χ0n) is 20.6. The van der Waals surface area contributed by atoms with Crippen LogP contribution in [0, 0.1) is 11.8 Å². The highest BCUT2D eigenvalue weighted by molar-refractivity contribution is 5.73. The van der Waals surface area contributed by atoms with Crippen LogP contribution in [0.5, 0.6) is 5.75 Å². The molecule has 2 aliphatic rings. The summed E-state index contributed by atoms with van der Waals surface area (Å²) < 4.78 is 77.2. The molecule has 4 rings (SSSR count). The largest absolute Gasteiger partial charge is 0.492 e. The van der Waals surface area contributed by atoms with Crippen molar-refractivity contribution in [3.63, 3.8) is 0 Å².